The van der Waals surface area contributed by atoms with Crippen LogP contribution >= 0.6 is 0 Å². The molecule has 2 heteroatoms. The summed E-state index contributed by atoms with van der Waals surface area (Å²) in [5.74, 6) is 0.451. The van der Waals surface area contributed by atoms with Crippen LogP contribution < -0.4 is 0 Å². The molecule has 0 saturated heterocycles. The second-order valence-electron chi connectivity index (χ2n) is 3.94. The summed E-state index contributed by atoms with van der Waals surface area (Å²) in [6, 6.07) is 1.59. The van der Waals surface area contributed by atoms with Crippen molar-refractivity contribution in [2.45, 2.75) is 39.5 Å². The minimum Gasteiger partial charge on any atom is -0.258 e. The third-order valence-electron chi connectivity index (χ3n) is 2.09. The molecule has 0 aliphatic heterocycles. The Morgan fingerprint density at radius 1 is 1.15 bits per heavy atom. The van der Waals surface area contributed by atoms with E-state index in [0.29, 0.717) is 11.8 Å². The lowest BCUT2D eigenvalue weighted by Crippen LogP contribution is -2.02. The highest BCUT2D eigenvalue weighted by molar-refractivity contribution is 5.26. The molecule has 0 amide bonds. The van der Waals surface area contributed by atoms with Crippen LogP contribution in [0.25, 0.3) is 0 Å². The minimum atomic E-state index is -0.242. The fourth-order valence-electron chi connectivity index (χ4n) is 1.41. The van der Waals surface area contributed by atoms with Gasteiger partial charge < -0.3 is 0 Å². The molecule has 0 saturated carbocycles. The van der Waals surface area contributed by atoms with Gasteiger partial charge in [0.1, 0.15) is 5.82 Å². The highest BCUT2D eigenvalue weighted by Gasteiger charge is 2.11. The zero-order chi connectivity index (χ0) is 10.0. The molecule has 0 spiro atoms. The summed E-state index contributed by atoms with van der Waals surface area (Å²) in [7, 11) is 0. The van der Waals surface area contributed by atoms with Crippen molar-refractivity contribution < 1.29 is 4.39 Å². The smallest absolute Gasteiger partial charge is 0.141 e. The third-order valence-corrected chi connectivity index (χ3v) is 2.09. The molecule has 0 fully saturated rings. The highest BCUT2D eigenvalue weighted by atomic mass is 19.1. The van der Waals surface area contributed by atoms with Crippen LogP contribution in [0.1, 0.15) is 50.8 Å². The number of pyridine rings is 1. The number of hydrogen-bond acceptors (Lipinski definition) is 1. The monoisotopic (exact) mass is 181 g/mol. The Morgan fingerprint density at radius 2 is 1.77 bits per heavy atom. The van der Waals surface area contributed by atoms with Gasteiger partial charge in [0.2, 0.25) is 0 Å². The lowest BCUT2D eigenvalue weighted by molar-refractivity contribution is 0.608. The highest BCUT2D eigenvalue weighted by Crippen LogP contribution is 2.24. The zero-order valence-electron chi connectivity index (χ0n) is 8.63. The van der Waals surface area contributed by atoms with Gasteiger partial charge in [-0.05, 0) is 23.5 Å². The van der Waals surface area contributed by atoms with Crippen LogP contribution in [-0.4, -0.2) is 4.98 Å². The van der Waals surface area contributed by atoms with E-state index >= 15 is 0 Å². The summed E-state index contributed by atoms with van der Waals surface area (Å²) >= 11 is 0. The molecule has 0 bridgehead atoms. The van der Waals surface area contributed by atoms with Crippen LogP contribution in [-0.2, 0) is 0 Å². The SMILES string of the molecule is CC(C)c1cc(F)cnc1C(C)C. The number of hydrogen-bond donors (Lipinski definition) is 0. The summed E-state index contributed by atoms with van der Waals surface area (Å²) in [6.45, 7) is 8.27. The van der Waals surface area contributed by atoms with Crippen molar-refractivity contribution in [1.29, 1.82) is 0 Å². The van der Waals surface area contributed by atoms with Gasteiger partial charge in [0.15, 0.2) is 0 Å². The van der Waals surface area contributed by atoms with E-state index in [2.05, 4.69) is 32.7 Å². The fourth-order valence-corrected chi connectivity index (χ4v) is 1.41. The molecule has 0 aliphatic rings. The van der Waals surface area contributed by atoms with Gasteiger partial charge in [0.05, 0.1) is 6.20 Å². The Morgan fingerprint density at radius 3 is 2.23 bits per heavy atom. The summed E-state index contributed by atoms with van der Waals surface area (Å²) in [5, 5.41) is 0. The van der Waals surface area contributed by atoms with Crippen LogP contribution in [0.2, 0.25) is 0 Å². The zero-order valence-corrected chi connectivity index (χ0v) is 8.63. The first-order valence-electron chi connectivity index (χ1n) is 4.67. The third kappa shape index (κ3) is 2.27. The molecular formula is C11H16FN. The van der Waals surface area contributed by atoms with Crippen LogP contribution in [0.15, 0.2) is 12.3 Å². The molecule has 1 nitrogen and oxygen atoms in total. The molecule has 13 heavy (non-hydrogen) atoms. The Kier molecular flexibility index (Phi) is 3.02. The first-order chi connectivity index (χ1) is 6.02. The lowest BCUT2D eigenvalue weighted by atomic mass is 9.95. The molecule has 0 radical (unpaired) electrons. The molecule has 72 valence electrons. The molecule has 0 aromatic carbocycles. The fraction of sp³-hybridized carbons (Fsp3) is 0.545. The summed E-state index contributed by atoms with van der Waals surface area (Å²) in [5.41, 5.74) is 2.03. The molecule has 0 aliphatic carbocycles. The van der Waals surface area contributed by atoms with E-state index in [1.807, 2.05) is 0 Å². The van der Waals surface area contributed by atoms with Gasteiger partial charge in [0.25, 0.3) is 0 Å². The minimum absolute atomic E-state index is 0.242. The molecule has 1 rings (SSSR count). The van der Waals surface area contributed by atoms with Crippen molar-refractivity contribution in [2.24, 2.45) is 0 Å². The van der Waals surface area contributed by atoms with E-state index in [1.54, 1.807) is 6.07 Å². The van der Waals surface area contributed by atoms with Gasteiger partial charge in [-0.2, -0.15) is 0 Å². The molecule has 0 unspecified atom stereocenters. The maximum Gasteiger partial charge on any atom is 0.141 e. The molecule has 1 heterocycles. The van der Waals surface area contributed by atoms with E-state index < -0.39 is 0 Å². The van der Waals surface area contributed by atoms with E-state index in [-0.39, 0.29) is 5.82 Å². The second kappa shape index (κ2) is 3.86. The van der Waals surface area contributed by atoms with Crippen molar-refractivity contribution >= 4 is 0 Å². The Hall–Kier alpha value is -0.920. The summed E-state index contributed by atoms with van der Waals surface area (Å²) < 4.78 is 12.9. The van der Waals surface area contributed by atoms with E-state index in [4.69, 9.17) is 0 Å². The molecule has 1 aromatic rings. The standard InChI is InChI=1S/C11H16FN/c1-7(2)10-5-9(12)6-13-11(10)8(3)4/h5-8H,1-4H3. The van der Waals surface area contributed by atoms with Crippen LogP contribution in [0.3, 0.4) is 0 Å². The number of halogens is 1. The second-order valence-corrected chi connectivity index (χ2v) is 3.94. The number of rotatable bonds is 2. The molecule has 1 aromatic heterocycles. The van der Waals surface area contributed by atoms with E-state index in [0.717, 1.165) is 11.3 Å². The lowest BCUT2D eigenvalue weighted by Gasteiger charge is -2.14. The topological polar surface area (TPSA) is 12.9 Å². The van der Waals surface area contributed by atoms with Crippen LogP contribution in [0, 0.1) is 5.82 Å². The van der Waals surface area contributed by atoms with Crippen molar-refractivity contribution in [1.82, 2.24) is 4.98 Å². The first-order valence-corrected chi connectivity index (χ1v) is 4.67. The Balaban J connectivity index is 3.19. The van der Waals surface area contributed by atoms with Gasteiger partial charge in [-0.3, -0.25) is 4.98 Å². The van der Waals surface area contributed by atoms with Crippen molar-refractivity contribution in [3.8, 4) is 0 Å². The van der Waals surface area contributed by atoms with Crippen LogP contribution in [0.5, 0.6) is 0 Å². The van der Waals surface area contributed by atoms with Gasteiger partial charge in [-0.25, -0.2) is 4.39 Å². The van der Waals surface area contributed by atoms with Gasteiger partial charge >= 0.3 is 0 Å². The van der Waals surface area contributed by atoms with E-state index in [1.165, 1.54) is 6.20 Å². The maximum absolute atomic E-state index is 12.9. The molecular weight excluding hydrogens is 165 g/mol. The average molecular weight is 181 g/mol. The van der Waals surface area contributed by atoms with Crippen molar-refractivity contribution in [2.75, 3.05) is 0 Å². The van der Waals surface area contributed by atoms with E-state index in [9.17, 15) is 4.39 Å². The Labute approximate surface area is 79.0 Å². The van der Waals surface area contributed by atoms with Gasteiger partial charge in [-0.15, -0.1) is 0 Å². The Bertz CT molecular complexity index is 292. The molecule has 0 N–H and O–H groups in total. The normalized spacial score (nSPS) is 11.3. The largest absolute Gasteiger partial charge is 0.258 e. The predicted molar refractivity (Wildman–Crippen MR) is 52.4 cm³/mol. The summed E-state index contributed by atoms with van der Waals surface area (Å²) in [6.07, 6.45) is 1.29. The first kappa shape index (κ1) is 10.2. The molecule has 0 atom stereocenters. The van der Waals surface area contributed by atoms with Crippen molar-refractivity contribution in [3.05, 3.63) is 29.3 Å². The number of nitrogens with zero attached hydrogens (tertiary/aromatic N) is 1. The van der Waals surface area contributed by atoms with Crippen molar-refractivity contribution in [3.63, 3.8) is 0 Å². The summed E-state index contributed by atoms with van der Waals surface area (Å²) in [4.78, 5) is 4.12. The maximum atomic E-state index is 12.9. The quantitative estimate of drug-likeness (QED) is 0.680. The number of aromatic nitrogens is 1. The van der Waals surface area contributed by atoms with Gasteiger partial charge in [-0.1, -0.05) is 27.7 Å². The average Bonchev–Trinajstić information content (AvgIpc) is 2.03. The van der Waals surface area contributed by atoms with Gasteiger partial charge in [0, 0.05) is 5.69 Å². The van der Waals surface area contributed by atoms with Crippen LogP contribution in [0.4, 0.5) is 4.39 Å². The predicted octanol–water partition coefficient (Wildman–Crippen LogP) is 3.47.